The van der Waals surface area contributed by atoms with Crippen molar-refractivity contribution in [3.8, 4) is 11.4 Å². The van der Waals surface area contributed by atoms with Crippen LogP contribution in [-0.4, -0.2) is 14.8 Å². The molecule has 0 unspecified atom stereocenters. The molecule has 0 amide bonds. The molecule has 0 bridgehead atoms. The van der Waals surface area contributed by atoms with Crippen molar-refractivity contribution in [2.75, 3.05) is 0 Å². The zero-order valence-corrected chi connectivity index (χ0v) is 8.65. The molecular formula is C11H13N3. The molecule has 0 spiro atoms. The smallest absolute Gasteiger partial charge is 0.0888 e. The van der Waals surface area contributed by atoms with Gasteiger partial charge in [-0.2, -0.15) is 5.10 Å². The topological polar surface area (TPSA) is 30.7 Å². The third kappa shape index (κ3) is 1.53. The van der Waals surface area contributed by atoms with E-state index in [4.69, 9.17) is 0 Å². The second-order valence-electron chi connectivity index (χ2n) is 3.51. The quantitative estimate of drug-likeness (QED) is 0.684. The lowest BCUT2D eigenvalue weighted by Gasteiger charge is -2.03. The van der Waals surface area contributed by atoms with Crippen molar-refractivity contribution in [1.29, 1.82) is 0 Å². The Bertz CT molecular complexity index is 437. The van der Waals surface area contributed by atoms with Crippen LogP contribution in [0.5, 0.6) is 0 Å². The van der Waals surface area contributed by atoms with Crippen molar-refractivity contribution in [3.05, 3.63) is 35.7 Å². The molecule has 14 heavy (non-hydrogen) atoms. The van der Waals surface area contributed by atoms with Crippen molar-refractivity contribution < 1.29 is 0 Å². The molecule has 3 nitrogen and oxygen atoms in total. The molecule has 2 aromatic heterocycles. The largest absolute Gasteiger partial charge is 0.266 e. The number of hydrogen-bond acceptors (Lipinski definition) is 2. The summed E-state index contributed by atoms with van der Waals surface area (Å²) in [6.07, 6.45) is 1.79. The van der Waals surface area contributed by atoms with Crippen LogP contribution in [0.2, 0.25) is 0 Å². The van der Waals surface area contributed by atoms with Gasteiger partial charge in [-0.1, -0.05) is 0 Å². The van der Waals surface area contributed by atoms with Crippen LogP contribution < -0.4 is 0 Å². The van der Waals surface area contributed by atoms with Crippen LogP contribution >= 0.6 is 0 Å². The highest BCUT2D eigenvalue weighted by Crippen LogP contribution is 2.17. The number of hydrogen-bond donors (Lipinski definition) is 0. The fourth-order valence-electron chi connectivity index (χ4n) is 1.60. The van der Waals surface area contributed by atoms with E-state index < -0.39 is 0 Å². The lowest BCUT2D eigenvalue weighted by Crippen LogP contribution is -1.96. The molecule has 2 rings (SSSR count). The van der Waals surface area contributed by atoms with Crippen LogP contribution in [0.4, 0.5) is 0 Å². The fourth-order valence-corrected chi connectivity index (χ4v) is 1.60. The van der Waals surface area contributed by atoms with Crippen LogP contribution in [0.15, 0.2) is 24.4 Å². The maximum Gasteiger partial charge on any atom is 0.0888 e. The first-order valence-electron chi connectivity index (χ1n) is 4.60. The Hall–Kier alpha value is -1.64. The molecule has 0 aliphatic rings. The van der Waals surface area contributed by atoms with Gasteiger partial charge in [-0.05, 0) is 37.6 Å². The van der Waals surface area contributed by atoms with Gasteiger partial charge >= 0.3 is 0 Å². The van der Waals surface area contributed by atoms with E-state index in [2.05, 4.69) is 29.1 Å². The average molecular weight is 187 g/mol. The Morgan fingerprint density at radius 3 is 2.57 bits per heavy atom. The maximum atomic E-state index is 4.48. The molecule has 0 fully saturated rings. The Kier molecular flexibility index (Phi) is 2.08. The van der Waals surface area contributed by atoms with Crippen molar-refractivity contribution in [2.45, 2.75) is 13.8 Å². The molecule has 2 aromatic rings. The van der Waals surface area contributed by atoms with Crippen molar-refractivity contribution in [2.24, 2.45) is 7.05 Å². The van der Waals surface area contributed by atoms with E-state index in [0.29, 0.717) is 0 Å². The first-order chi connectivity index (χ1) is 6.66. The molecule has 0 saturated carbocycles. The molecular weight excluding hydrogens is 174 g/mol. The summed E-state index contributed by atoms with van der Waals surface area (Å²) in [4.78, 5) is 4.48. The number of pyridine rings is 1. The molecule has 0 aliphatic carbocycles. The predicted octanol–water partition coefficient (Wildman–Crippen LogP) is 2.10. The van der Waals surface area contributed by atoms with Crippen molar-refractivity contribution in [3.63, 3.8) is 0 Å². The number of nitrogens with zero attached hydrogens (tertiary/aromatic N) is 3. The molecule has 3 heteroatoms. The van der Waals surface area contributed by atoms with Crippen LogP contribution in [-0.2, 0) is 7.05 Å². The number of rotatable bonds is 1. The minimum Gasteiger partial charge on any atom is -0.266 e. The van der Waals surface area contributed by atoms with Gasteiger partial charge in [-0.15, -0.1) is 0 Å². The summed E-state index contributed by atoms with van der Waals surface area (Å²) < 4.78 is 1.83. The van der Waals surface area contributed by atoms with Gasteiger partial charge in [-0.25, -0.2) is 0 Å². The lowest BCUT2D eigenvalue weighted by atomic mass is 10.2. The average Bonchev–Trinajstić information content (AvgIpc) is 2.49. The minimum atomic E-state index is 0.988. The second-order valence-corrected chi connectivity index (χ2v) is 3.51. The Morgan fingerprint density at radius 2 is 2.00 bits per heavy atom. The third-order valence-corrected chi connectivity index (χ3v) is 2.18. The van der Waals surface area contributed by atoms with Gasteiger partial charge in [0.1, 0.15) is 0 Å². The summed E-state index contributed by atoms with van der Waals surface area (Å²) in [5.74, 6) is 0. The van der Waals surface area contributed by atoms with Crippen LogP contribution in [0.1, 0.15) is 11.3 Å². The summed E-state index contributed by atoms with van der Waals surface area (Å²) in [5.41, 5.74) is 4.31. The van der Waals surface area contributed by atoms with Gasteiger partial charge in [0.2, 0.25) is 0 Å². The molecule has 0 aromatic carbocycles. The Labute approximate surface area is 83.4 Å². The van der Waals surface area contributed by atoms with E-state index in [1.807, 2.05) is 24.7 Å². The summed E-state index contributed by atoms with van der Waals surface area (Å²) >= 11 is 0. The van der Waals surface area contributed by atoms with E-state index >= 15 is 0 Å². The zero-order chi connectivity index (χ0) is 10.1. The molecule has 2 heterocycles. The Balaban J connectivity index is 2.57. The van der Waals surface area contributed by atoms with E-state index in [-0.39, 0.29) is 0 Å². The fraction of sp³-hybridized carbons (Fsp3) is 0.273. The van der Waals surface area contributed by atoms with Gasteiger partial charge in [0.15, 0.2) is 0 Å². The van der Waals surface area contributed by atoms with E-state index in [1.165, 1.54) is 5.56 Å². The van der Waals surface area contributed by atoms with Crippen molar-refractivity contribution in [1.82, 2.24) is 14.8 Å². The third-order valence-electron chi connectivity index (χ3n) is 2.18. The summed E-state index contributed by atoms with van der Waals surface area (Å²) in [7, 11) is 1.93. The second kappa shape index (κ2) is 3.25. The monoisotopic (exact) mass is 187 g/mol. The first-order valence-corrected chi connectivity index (χ1v) is 4.60. The van der Waals surface area contributed by atoms with Gasteiger partial charge in [-0.3, -0.25) is 9.67 Å². The maximum absolute atomic E-state index is 4.48. The molecule has 72 valence electrons. The van der Waals surface area contributed by atoms with Crippen LogP contribution in [0.25, 0.3) is 11.4 Å². The predicted molar refractivity (Wildman–Crippen MR) is 55.9 cm³/mol. The van der Waals surface area contributed by atoms with Gasteiger partial charge in [0.25, 0.3) is 0 Å². The van der Waals surface area contributed by atoms with E-state index in [9.17, 15) is 0 Å². The highest BCUT2D eigenvalue weighted by Gasteiger charge is 2.04. The molecule has 0 aliphatic heterocycles. The van der Waals surface area contributed by atoms with Gasteiger partial charge in [0.05, 0.1) is 11.4 Å². The van der Waals surface area contributed by atoms with Gasteiger partial charge in [0, 0.05) is 18.9 Å². The highest BCUT2D eigenvalue weighted by molar-refractivity contribution is 5.55. The Morgan fingerprint density at radius 1 is 1.21 bits per heavy atom. The van der Waals surface area contributed by atoms with E-state index in [0.717, 1.165) is 17.1 Å². The molecule has 0 N–H and O–H groups in total. The molecule has 0 saturated heterocycles. The zero-order valence-electron chi connectivity index (χ0n) is 8.65. The normalized spacial score (nSPS) is 10.5. The summed E-state index contributed by atoms with van der Waals surface area (Å²) in [6.45, 7) is 4.08. The number of aromatic nitrogens is 3. The van der Waals surface area contributed by atoms with Gasteiger partial charge < -0.3 is 0 Å². The van der Waals surface area contributed by atoms with Crippen LogP contribution in [0.3, 0.4) is 0 Å². The first kappa shape index (κ1) is 8.94. The van der Waals surface area contributed by atoms with E-state index in [1.54, 1.807) is 6.20 Å². The standard InChI is InChI=1S/C11H13N3/c1-8-6-9(2)13-10(7-8)11-4-5-12-14(11)3/h4-7H,1-3H3. The van der Waals surface area contributed by atoms with Crippen LogP contribution in [0, 0.1) is 13.8 Å². The minimum absolute atomic E-state index is 0.988. The molecule has 0 radical (unpaired) electrons. The van der Waals surface area contributed by atoms with Crippen molar-refractivity contribution >= 4 is 0 Å². The summed E-state index contributed by atoms with van der Waals surface area (Å²) in [6, 6.07) is 6.12. The summed E-state index contributed by atoms with van der Waals surface area (Å²) in [5, 5.41) is 4.13. The SMILES string of the molecule is Cc1cc(C)nc(-c2ccnn2C)c1. The lowest BCUT2D eigenvalue weighted by molar-refractivity contribution is 0.773. The molecule has 0 atom stereocenters. The highest BCUT2D eigenvalue weighted by atomic mass is 15.3. The number of aryl methyl sites for hydroxylation is 3.